The van der Waals surface area contributed by atoms with Gasteiger partial charge in [-0.1, -0.05) is 40.2 Å². The minimum atomic E-state index is -0.0107. The molecule has 1 aliphatic rings. The van der Waals surface area contributed by atoms with Crippen LogP contribution in [0, 0.1) is 0 Å². The molecule has 0 aliphatic carbocycles. The van der Waals surface area contributed by atoms with Gasteiger partial charge in [0.1, 0.15) is 5.75 Å². The Labute approximate surface area is 120 Å². The lowest BCUT2D eigenvalue weighted by Crippen LogP contribution is -2.28. The maximum absolute atomic E-state index is 5.74. The normalized spacial score (nSPS) is 14.8. The van der Waals surface area contributed by atoms with E-state index in [-0.39, 0.29) is 6.04 Å². The summed E-state index contributed by atoms with van der Waals surface area (Å²) in [4.78, 5) is 0. The van der Waals surface area contributed by atoms with Crippen LogP contribution in [0.3, 0.4) is 0 Å². The third-order valence-electron chi connectivity index (χ3n) is 3.40. The summed E-state index contributed by atoms with van der Waals surface area (Å²) >= 11 is 3.49. The van der Waals surface area contributed by atoms with Gasteiger partial charge in [-0.05, 0) is 34.9 Å². The van der Waals surface area contributed by atoms with Crippen molar-refractivity contribution in [2.75, 3.05) is 6.61 Å². The van der Waals surface area contributed by atoms with Crippen molar-refractivity contribution in [1.29, 1.82) is 0 Å². The zero-order valence-electron chi connectivity index (χ0n) is 10.4. The fraction of sp³-hybridized carbons (Fsp3) is 0.200. The van der Waals surface area contributed by atoms with Crippen molar-refractivity contribution < 1.29 is 4.74 Å². The Morgan fingerprint density at radius 3 is 2.79 bits per heavy atom. The summed E-state index contributed by atoms with van der Waals surface area (Å²) in [6.07, 6.45) is 0.971. The second-order valence-corrected chi connectivity index (χ2v) is 5.54. The summed E-state index contributed by atoms with van der Waals surface area (Å²) < 4.78 is 6.58. The highest BCUT2D eigenvalue weighted by atomic mass is 79.9. The SMILES string of the molecule is NNC(c1cccc(Br)c1)c1ccc2c(c1)CCO2. The Morgan fingerprint density at radius 2 is 2.00 bits per heavy atom. The van der Waals surface area contributed by atoms with Crippen molar-refractivity contribution in [1.82, 2.24) is 5.43 Å². The summed E-state index contributed by atoms with van der Waals surface area (Å²) in [7, 11) is 0. The molecule has 1 unspecified atom stereocenters. The molecule has 0 radical (unpaired) electrons. The van der Waals surface area contributed by atoms with Gasteiger partial charge in [-0.25, -0.2) is 5.43 Å². The van der Waals surface area contributed by atoms with Crippen molar-refractivity contribution >= 4 is 15.9 Å². The predicted molar refractivity (Wildman–Crippen MR) is 78.9 cm³/mol. The van der Waals surface area contributed by atoms with E-state index in [0.29, 0.717) is 0 Å². The number of hydrazine groups is 1. The van der Waals surface area contributed by atoms with Gasteiger partial charge in [0.05, 0.1) is 12.6 Å². The third kappa shape index (κ3) is 2.52. The van der Waals surface area contributed by atoms with Gasteiger partial charge >= 0.3 is 0 Å². The average Bonchev–Trinajstić information content (AvgIpc) is 2.87. The Morgan fingerprint density at radius 1 is 1.16 bits per heavy atom. The topological polar surface area (TPSA) is 47.3 Å². The second kappa shape index (κ2) is 5.33. The van der Waals surface area contributed by atoms with E-state index in [2.05, 4.69) is 45.6 Å². The van der Waals surface area contributed by atoms with E-state index in [1.807, 2.05) is 18.2 Å². The molecule has 0 saturated carbocycles. The molecule has 0 bridgehead atoms. The molecule has 0 spiro atoms. The largest absolute Gasteiger partial charge is 0.493 e. The smallest absolute Gasteiger partial charge is 0.122 e. The van der Waals surface area contributed by atoms with Crippen LogP contribution < -0.4 is 16.0 Å². The zero-order valence-corrected chi connectivity index (χ0v) is 12.0. The number of fused-ring (bicyclic) bond motifs is 1. The first kappa shape index (κ1) is 12.7. The van der Waals surface area contributed by atoms with Gasteiger partial charge < -0.3 is 4.74 Å². The first-order valence-corrected chi connectivity index (χ1v) is 7.04. The summed E-state index contributed by atoms with van der Waals surface area (Å²) in [6.45, 7) is 0.774. The molecule has 0 aromatic heterocycles. The van der Waals surface area contributed by atoms with Crippen LogP contribution in [0.5, 0.6) is 5.75 Å². The predicted octanol–water partition coefficient (Wildman–Crippen LogP) is 2.94. The van der Waals surface area contributed by atoms with E-state index in [4.69, 9.17) is 10.6 Å². The molecule has 0 amide bonds. The van der Waals surface area contributed by atoms with E-state index in [1.165, 1.54) is 5.56 Å². The number of halogens is 1. The van der Waals surface area contributed by atoms with E-state index in [1.54, 1.807) is 0 Å². The van der Waals surface area contributed by atoms with E-state index in [9.17, 15) is 0 Å². The molecular weight excluding hydrogens is 304 g/mol. The zero-order chi connectivity index (χ0) is 13.2. The fourth-order valence-corrected chi connectivity index (χ4v) is 2.87. The number of rotatable bonds is 3. The molecule has 3 nitrogen and oxygen atoms in total. The van der Waals surface area contributed by atoms with Gasteiger partial charge in [-0.2, -0.15) is 0 Å². The van der Waals surface area contributed by atoms with Crippen molar-refractivity contribution in [2.24, 2.45) is 5.84 Å². The molecule has 2 aromatic carbocycles. The van der Waals surface area contributed by atoms with E-state index in [0.717, 1.165) is 34.4 Å². The van der Waals surface area contributed by atoms with E-state index >= 15 is 0 Å². The monoisotopic (exact) mass is 318 g/mol. The number of nitrogens with one attached hydrogen (secondary N) is 1. The summed E-state index contributed by atoms with van der Waals surface area (Å²) in [5.74, 6) is 6.73. The van der Waals surface area contributed by atoms with Crippen LogP contribution in [0.25, 0.3) is 0 Å². The van der Waals surface area contributed by atoms with Gasteiger partial charge in [0.25, 0.3) is 0 Å². The van der Waals surface area contributed by atoms with Crippen molar-refractivity contribution in [3.63, 3.8) is 0 Å². The number of hydrogen-bond acceptors (Lipinski definition) is 3. The molecule has 19 heavy (non-hydrogen) atoms. The van der Waals surface area contributed by atoms with Crippen LogP contribution in [-0.4, -0.2) is 6.61 Å². The standard InChI is InChI=1S/C15H15BrN2O/c16-13-3-1-2-11(9-13)15(18-17)12-4-5-14-10(8-12)6-7-19-14/h1-5,8-9,15,18H,6-7,17H2. The van der Waals surface area contributed by atoms with E-state index < -0.39 is 0 Å². The van der Waals surface area contributed by atoms with Gasteiger partial charge in [0.2, 0.25) is 0 Å². The molecule has 3 N–H and O–H groups in total. The minimum Gasteiger partial charge on any atom is -0.493 e. The fourth-order valence-electron chi connectivity index (χ4n) is 2.46. The number of hydrogen-bond donors (Lipinski definition) is 2. The summed E-state index contributed by atoms with van der Waals surface area (Å²) in [6, 6.07) is 14.4. The molecule has 1 atom stereocenters. The van der Waals surface area contributed by atoms with Crippen molar-refractivity contribution in [3.8, 4) is 5.75 Å². The molecule has 0 fully saturated rings. The lowest BCUT2D eigenvalue weighted by Gasteiger charge is -2.18. The Hall–Kier alpha value is -1.36. The Kier molecular flexibility index (Phi) is 3.55. The lowest BCUT2D eigenvalue weighted by atomic mass is 9.97. The minimum absolute atomic E-state index is 0.0107. The van der Waals surface area contributed by atoms with Gasteiger partial charge in [-0.3, -0.25) is 5.84 Å². The van der Waals surface area contributed by atoms with Crippen LogP contribution in [0.2, 0.25) is 0 Å². The molecule has 2 aromatic rings. The maximum atomic E-state index is 5.74. The van der Waals surface area contributed by atoms with Crippen LogP contribution in [-0.2, 0) is 6.42 Å². The quantitative estimate of drug-likeness (QED) is 0.675. The molecule has 1 aliphatic heterocycles. The average molecular weight is 319 g/mol. The highest BCUT2D eigenvalue weighted by molar-refractivity contribution is 9.10. The number of nitrogens with two attached hydrogens (primary N) is 1. The second-order valence-electron chi connectivity index (χ2n) is 4.62. The molecule has 0 saturated heterocycles. The Bertz CT molecular complexity index is 600. The highest BCUT2D eigenvalue weighted by Crippen LogP contribution is 2.30. The third-order valence-corrected chi connectivity index (χ3v) is 3.89. The van der Waals surface area contributed by atoms with Crippen LogP contribution in [0.1, 0.15) is 22.7 Å². The summed E-state index contributed by atoms with van der Waals surface area (Å²) in [5, 5.41) is 0. The molecule has 4 heteroatoms. The Balaban J connectivity index is 1.98. The first-order valence-electron chi connectivity index (χ1n) is 6.25. The van der Waals surface area contributed by atoms with Crippen LogP contribution >= 0.6 is 15.9 Å². The first-order chi connectivity index (χ1) is 9.28. The number of benzene rings is 2. The van der Waals surface area contributed by atoms with Gasteiger partial charge in [0.15, 0.2) is 0 Å². The lowest BCUT2D eigenvalue weighted by molar-refractivity contribution is 0.357. The molecule has 3 rings (SSSR count). The molecule has 1 heterocycles. The van der Waals surface area contributed by atoms with Gasteiger partial charge in [-0.15, -0.1) is 0 Å². The molecular formula is C15H15BrN2O. The molecule has 98 valence electrons. The van der Waals surface area contributed by atoms with Gasteiger partial charge in [0, 0.05) is 10.9 Å². The van der Waals surface area contributed by atoms with Crippen LogP contribution in [0.4, 0.5) is 0 Å². The maximum Gasteiger partial charge on any atom is 0.122 e. The van der Waals surface area contributed by atoms with Crippen molar-refractivity contribution in [3.05, 3.63) is 63.6 Å². The van der Waals surface area contributed by atoms with Crippen molar-refractivity contribution in [2.45, 2.75) is 12.5 Å². The highest BCUT2D eigenvalue weighted by Gasteiger charge is 2.17. The summed E-state index contributed by atoms with van der Waals surface area (Å²) in [5.41, 5.74) is 6.44. The number of ether oxygens (including phenoxy) is 1. The van der Waals surface area contributed by atoms with Crippen LogP contribution in [0.15, 0.2) is 46.9 Å².